The highest BCUT2D eigenvalue weighted by Gasteiger charge is 2.16. The Hall–Kier alpha value is -2.07. The van der Waals surface area contributed by atoms with Crippen LogP contribution < -0.4 is 4.90 Å². The smallest absolute Gasteiger partial charge is 0.0642 e. The largest absolute Gasteiger partial charge is 0.378 e. The quantitative estimate of drug-likeness (QED) is 0.790. The molecule has 1 saturated carbocycles. The summed E-state index contributed by atoms with van der Waals surface area (Å²) in [6.45, 7) is 3.57. The summed E-state index contributed by atoms with van der Waals surface area (Å²) in [5.41, 5.74) is 3.43. The minimum atomic E-state index is 0.694. The van der Waals surface area contributed by atoms with Gasteiger partial charge in [0, 0.05) is 49.0 Å². The Morgan fingerprint density at radius 2 is 1.75 bits per heavy atom. The third kappa shape index (κ3) is 3.54. The number of ether oxygens (including phenoxy) is 1. The molecule has 0 bridgehead atoms. The predicted molar refractivity (Wildman–Crippen MR) is 98.7 cm³/mol. The van der Waals surface area contributed by atoms with Crippen LogP contribution in [0.1, 0.15) is 37.3 Å². The molecule has 2 aliphatic rings. The molecular formula is C20H25N3O. The number of benzene rings is 1. The number of hydrogen-bond acceptors (Lipinski definition) is 3. The summed E-state index contributed by atoms with van der Waals surface area (Å²) in [7, 11) is 0. The minimum absolute atomic E-state index is 0.694. The molecule has 0 spiro atoms. The Balaban J connectivity index is 1.40. The zero-order valence-electron chi connectivity index (χ0n) is 14.1. The van der Waals surface area contributed by atoms with Gasteiger partial charge in [-0.25, -0.2) is 0 Å². The lowest BCUT2D eigenvalue weighted by molar-refractivity contribution is 0.122. The maximum absolute atomic E-state index is 5.40. The predicted octanol–water partition coefficient (Wildman–Crippen LogP) is 4.19. The fourth-order valence-electron chi connectivity index (χ4n) is 3.66. The normalized spacial score (nSPS) is 19.4. The lowest BCUT2D eigenvalue weighted by Gasteiger charge is -2.28. The van der Waals surface area contributed by atoms with Crippen LogP contribution in [0.3, 0.4) is 0 Å². The van der Waals surface area contributed by atoms with Gasteiger partial charge in [-0.05, 0) is 43.2 Å². The lowest BCUT2D eigenvalue weighted by atomic mass is 10.2. The molecule has 0 amide bonds. The maximum atomic E-state index is 5.40. The van der Waals surface area contributed by atoms with Crippen LogP contribution in [0.4, 0.5) is 11.4 Å². The average Bonchev–Trinajstić information content (AvgIpc) is 3.33. The van der Waals surface area contributed by atoms with Crippen LogP contribution in [0.15, 0.2) is 47.7 Å². The zero-order chi connectivity index (χ0) is 16.2. The summed E-state index contributed by atoms with van der Waals surface area (Å²) >= 11 is 0. The van der Waals surface area contributed by atoms with Gasteiger partial charge in [0.2, 0.25) is 0 Å². The fourth-order valence-corrected chi connectivity index (χ4v) is 3.66. The third-order valence-electron chi connectivity index (χ3n) is 5.07. The molecule has 4 nitrogen and oxygen atoms in total. The summed E-state index contributed by atoms with van der Waals surface area (Å²) in [4.78, 5) is 6.98. The van der Waals surface area contributed by atoms with Gasteiger partial charge in [-0.15, -0.1) is 0 Å². The van der Waals surface area contributed by atoms with Crippen LogP contribution in [0.2, 0.25) is 0 Å². The standard InChI is InChI=1S/C20H25N3O/c1-2-4-19(3-1)23-10-9-17(16-23)15-21-18-5-7-20(8-6-18)22-11-13-24-14-12-22/h5-10,15-16,19H,1-4,11-14H2. The van der Waals surface area contributed by atoms with Crippen molar-refractivity contribution in [2.75, 3.05) is 31.2 Å². The third-order valence-corrected chi connectivity index (χ3v) is 5.07. The van der Waals surface area contributed by atoms with Crippen LogP contribution in [0, 0.1) is 0 Å². The minimum Gasteiger partial charge on any atom is -0.378 e. The topological polar surface area (TPSA) is 29.8 Å². The van der Waals surface area contributed by atoms with E-state index in [1.807, 2.05) is 6.21 Å². The van der Waals surface area contributed by atoms with E-state index in [2.05, 4.69) is 57.2 Å². The van der Waals surface area contributed by atoms with E-state index >= 15 is 0 Å². The second kappa shape index (κ2) is 7.22. The van der Waals surface area contributed by atoms with E-state index in [0.717, 1.165) is 32.0 Å². The molecule has 1 aliphatic carbocycles. The monoisotopic (exact) mass is 323 g/mol. The zero-order valence-corrected chi connectivity index (χ0v) is 14.1. The van der Waals surface area contributed by atoms with E-state index in [0.29, 0.717) is 6.04 Å². The Bertz CT molecular complexity index is 677. The van der Waals surface area contributed by atoms with Crippen molar-refractivity contribution in [2.45, 2.75) is 31.7 Å². The molecule has 2 fully saturated rings. The number of nitrogens with zero attached hydrogens (tertiary/aromatic N) is 3. The van der Waals surface area contributed by atoms with Crippen LogP contribution in [-0.2, 0) is 4.74 Å². The van der Waals surface area contributed by atoms with Crippen LogP contribution in [-0.4, -0.2) is 37.1 Å². The van der Waals surface area contributed by atoms with E-state index < -0.39 is 0 Å². The van der Waals surface area contributed by atoms with Gasteiger partial charge >= 0.3 is 0 Å². The number of anilines is 1. The Morgan fingerprint density at radius 1 is 1.00 bits per heavy atom. The average molecular weight is 323 g/mol. The molecule has 0 unspecified atom stereocenters. The van der Waals surface area contributed by atoms with Crippen molar-refractivity contribution in [3.05, 3.63) is 48.3 Å². The number of hydrogen-bond donors (Lipinski definition) is 0. The highest BCUT2D eigenvalue weighted by atomic mass is 16.5. The first kappa shape index (κ1) is 15.5. The molecule has 0 atom stereocenters. The molecule has 1 aliphatic heterocycles. The van der Waals surface area contributed by atoms with Gasteiger partial charge in [0.25, 0.3) is 0 Å². The summed E-state index contributed by atoms with van der Waals surface area (Å²) in [5.74, 6) is 0. The molecule has 4 heteroatoms. The molecule has 2 aromatic rings. The van der Waals surface area contributed by atoms with E-state index in [1.54, 1.807) is 0 Å². The maximum Gasteiger partial charge on any atom is 0.0642 e. The highest BCUT2D eigenvalue weighted by Crippen LogP contribution is 2.29. The summed E-state index contributed by atoms with van der Waals surface area (Å²) in [6.07, 6.45) is 11.7. The molecule has 1 aromatic carbocycles. The highest BCUT2D eigenvalue weighted by molar-refractivity contribution is 5.81. The molecule has 0 radical (unpaired) electrons. The van der Waals surface area contributed by atoms with Gasteiger partial charge < -0.3 is 14.2 Å². The second-order valence-corrected chi connectivity index (χ2v) is 6.70. The lowest BCUT2D eigenvalue weighted by Crippen LogP contribution is -2.36. The molecule has 0 N–H and O–H groups in total. The molecule has 1 aromatic heterocycles. The fraction of sp³-hybridized carbons (Fsp3) is 0.450. The Morgan fingerprint density at radius 3 is 2.50 bits per heavy atom. The van der Waals surface area contributed by atoms with Crippen LogP contribution in [0.5, 0.6) is 0 Å². The molecule has 126 valence electrons. The van der Waals surface area contributed by atoms with Crippen molar-refractivity contribution in [3.8, 4) is 0 Å². The summed E-state index contributed by atoms with van der Waals surface area (Å²) in [5, 5.41) is 0. The molecule has 4 rings (SSSR count). The first-order valence-corrected chi connectivity index (χ1v) is 9.03. The van der Waals surface area contributed by atoms with E-state index in [1.165, 1.54) is 36.9 Å². The van der Waals surface area contributed by atoms with Gasteiger partial charge in [0.1, 0.15) is 0 Å². The van der Waals surface area contributed by atoms with Crippen molar-refractivity contribution in [3.63, 3.8) is 0 Å². The Labute approximate surface area is 143 Å². The van der Waals surface area contributed by atoms with Crippen molar-refractivity contribution < 1.29 is 4.74 Å². The number of rotatable bonds is 4. The van der Waals surface area contributed by atoms with Gasteiger partial charge in [-0.1, -0.05) is 12.8 Å². The second-order valence-electron chi connectivity index (χ2n) is 6.70. The number of aliphatic imine (C=N–C) groups is 1. The van der Waals surface area contributed by atoms with Crippen molar-refractivity contribution in [2.24, 2.45) is 4.99 Å². The van der Waals surface area contributed by atoms with E-state index in [4.69, 9.17) is 4.74 Å². The molecular weight excluding hydrogens is 298 g/mol. The van der Waals surface area contributed by atoms with Crippen molar-refractivity contribution >= 4 is 17.6 Å². The van der Waals surface area contributed by atoms with Gasteiger partial charge in [0.05, 0.1) is 18.9 Å². The molecule has 1 saturated heterocycles. The summed E-state index contributed by atoms with van der Waals surface area (Å²) in [6, 6.07) is 11.3. The van der Waals surface area contributed by atoms with E-state index in [9.17, 15) is 0 Å². The number of aromatic nitrogens is 1. The van der Waals surface area contributed by atoms with E-state index in [-0.39, 0.29) is 0 Å². The van der Waals surface area contributed by atoms with Crippen molar-refractivity contribution in [1.82, 2.24) is 4.57 Å². The SMILES string of the molecule is C(=Nc1ccc(N2CCOCC2)cc1)c1ccn(C2CCCC2)c1. The van der Waals surface area contributed by atoms with Gasteiger partial charge in [-0.3, -0.25) is 4.99 Å². The van der Waals surface area contributed by atoms with Crippen LogP contribution >= 0.6 is 0 Å². The van der Waals surface area contributed by atoms with Crippen LogP contribution in [0.25, 0.3) is 0 Å². The summed E-state index contributed by atoms with van der Waals surface area (Å²) < 4.78 is 7.76. The first-order chi connectivity index (χ1) is 11.9. The van der Waals surface area contributed by atoms with Crippen molar-refractivity contribution in [1.29, 1.82) is 0 Å². The molecule has 24 heavy (non-hydrogen) atoms. The van der Waals surface area contributed by atoms with Gasteiger partial charge in [-0.2, -0.15) is 0 Å². The first-order valence-electron chi connectivity index (χ1n) is 9.03. The number of morpholine rings is 1. The molecule has 2 heterocycles. The Kier molecular flexibility index (Phi) is 4.65. The van der Waals surface area contributed by atoms with Gasteiger partial charge in [0.15, 0.2) is 0 Å².